The zero-order chi connectivity index (χ0) is 12.1. The first-order chi connectivity index (χ1) is 8.27. The van der Waals surface area contributed by atoms with Crippen molar-refractivity contribution < 1.29 is 4.79 Å². The zero-order valence-electron chi connectivity index (χ0n) is 9.14. The third kappa shape index (κ3) is 3.05. The summed E-state index contributed by atoms with van der Waals surface area (Å²) in [6.45, 7) is 0. The third-order valence-corrected chi connectivity index (χ3v) is 2.63. The topological polar surface area (TPSA) is 17.1 Å². The summed E-state index contributed by atoms with van der Waals surface area (Å²) in [7, 11) is 0. The van der Waals surface area contributed by atoms with Gasteiger partial charge in [0.2, 0.25) is 5.78 Å². The standard InChI is InChI=1S/C15H11ClO/c16-14(11-12-7-3-1-4-8-12)15(17)13-9-5-2-6-10-13/h1-11H. The van der Waals surface area contributed by atoms with E-state index >= 15 is 0 Å². The Kier molecular flexibility index (Phi) is 3.73. The predicted octanol–water partition coefficient (Wildman–Crippen LogP) is 4.15. The summed E-state index contributed by atoms with van der Waals surface area (Å²) >= 11 is 6.01. The van der Waals surface area contributed by atoms with Crippen molar-refractivity contribution in [2.45, 2.75) is 0 Å². The van der Waals surface area contributed by atoms with E-state index < -0.39 is 0 Å². The molecule has 0 fully saturated rings. The van der Waals surface area contributed by atoms with Gasteiger partial charge in [-0.05, 0) is 11.6 Å². The highest BCUT2D eigenvalue weighted by Crippen LogP contribution is 2.15. The van der Waals surface area contributed by atoms with Crippen molar-refractivity contribution in [3.8, 4) is 0 Å². The van der Waals surface area contributed by atoms with Crippen LogP contribution in [0, 0.1) is 0 Å². The molecular weight excluding hydrogens is 232 g/mol. The molecule has 2 aromatic rings. The molecule has 1 nitrogen and oxygen atoms in total. The summed E-state index contributed by atoms with van der Waals surface area (Å²) in [5.41, 5.74) is 1.52. The Hall–Kier alpha value is -1.86. The lowest BCUT2D eigenvalue weighted by molar-refractivity contribution is 0.104. The quantitative estimate of drug-likeness (QED) is 0.584. The summed E-state index contributed by atoms with van der Waals surface area (Å²) in [6.07, 6.45) is 1.68. The minimum atomic E-state index is -0.156. The molecule has 0 N–H and O–H groups in total. The molecule has 0 saturated heterocycles. The third-order valence-electron chi connectivity index (χ3n) is 2.35. The van der Waals surface area contributed by atoms with Crippen LogP contribution in [0.1, 0.15) is 15.9 Å². The van der Waals surface area contributed by atoms with Crippen molar-refractivity contribution >= 4 is 23.5 Å². The van der Waals surface area contributed by atoms with Crippen LogP contribution in [0.3, 0.4) is 0 Å². The SMILES string of the molecule is O=C(C(Cl)=Cc1ccccc1)c1ccccc1. The van der Waals surface area contributed by atoms with Crippen molar-refractivity contribution in [2.24, 2.45) is 0 Å². The van der Waals surface area contributed by atoms with E-state index in [1.807, 2.05) is 48.5 Å². The van der Waals surface area contributed by atoms with E-state index in [0.29, 0.717) is 5.56 Å². The van der Waals surface area contributed by atoms with E-state index in [9.17, 15) is 4.79 Å². The fourth-order valence-corrected chi connectivity index (χ4v) is 1.72. The minimum Gasteiger partial charge on any atom is -0.288 e. The van der Waals surface area contributed by atoms with E-state index in [1.165, 1.54) is 0 Å². The number of ketones is 1. The molecule has 2 heteroatoms. The molecule has 0 saturated carbocycles. The number of allylic oxidation sites excluding steroid dienone is 1. The maximum absolute atomic E-state index is 11.9. The fourth-order valence-electron chi connectivity index (χ4n) is 1.49. The molecule has 2 rings (SSSR count). The van der Waals surface area contributed by atoms with Crippen molar-refractivity contribution in [3.63, 3.8) is 0 Å². The van der Waals surface area contributed by atoms with Gasteiger partial charge in [-0.2, -0.15) is 0 Å². The first-order valence-corrected chi connectivity index (χ1v) is 5.67. The van der Waals surface area contributed by atoms with Gasteiger partial charge in [0.15, 0.2) is 0 Å². The summed E-state index contributed by atoms with van der Waals surface area (Å²) in [6, 6.07) is 18.6. The summed E-state index contributed by atoms with van der Waals surface area (Å²) < 4.78 is 0. The van der Waals surface area contributed by atoms with Gasteiger partial charge < -0.3 is 0 Å². The number of carbonyl (C=O) groups excluding carboxylic acids is 1. The van der Waals surface area contributed by atoms with Crippen LogP contribution >= 0.6 is 11.6 Å². The van der Waals surface area contributed by atoms with Gasteiger partial charge in [-0.1, -0.05) is 72.3 Å². The first kappa shape index (κ1) is 11.6. The zero-order valence-corrected chi connectivity index (χ0v) is 9.89. The van der Waals surface area contributed by atoms with Crippen LogP contribution in [0.4, 0.5) is 0 Å². The molecular formula is C15H11ClO. The van der Waals surface area contributed by atoms with Crippen LogP contribution in [0.15, 0.2) is 65.7 Å². The number of hydrogen-bond acceptors (Lipinski definition) is 1. The van der Waals surface area contributed by atoms with Crippen molar-refractivity contribution in [3.05, 3.63) is 76.8 Å². The maximum atomic E-state index is 11.9. The van der Waals surface area contributed by atoms with Gasteiger partial charge >= 0.3 is 0 Å². The van der Waals surface area contributed by atoms with Crippen molar-refractivity contribution in [1.82, 2.24) is 0 Å². The molecule has 0 heterocycles. The molecule has 0 aromatic heterocycles. The molecule has 0 amide bonds. The van der Waals surface area contributed by atoms with Crippen LogP contribution < -0.4 is 0 Å². The Balaban J connectivity index is 2.24. The van der Waals surface area contributed by atoms with Gasteiger partial charge in [-0.25, -0.2) is 0 Å². The highest BCUT2D eigenvalue weighted by molar-refractivity contribution is 6.47. The van der Waals surface area contributed by atoms with Gasteiger partial charge in [0, 0.05) is 5.56 Å². The van der Waals surface area contributed by atoms with Gasteiger partial charge in [-0.3, -0.25) is 4.79 Å². The van der Waals surface area contributed by atoms with E-state index in [4.69, 9.17) is 11.6 Å². The second-order valence-electron chi connectivity index (χ2n) is 3.60. The Morgan fingerprint density at radius 3 is 2.00 bits per heavy atom. The van der Waals surface area contributed by atoms with Gasteiger partial charge in [-0.15, -0.1) is 0 Å². The fraction of sp³-hybridized carbons (Fsp3) is 0. The molecule has 84 valence electrons. The van der Waals surface area contributed by atoms with E-state index in [2.05, 4.69) is 0 Å². The van der Waals surface area contributed by atoms with Crippen LogP contribution in [-0.4, -0.2) is 5.78 Å². The second kappa shape index (κ2) is 5.46. The minimum absolute atomic E-state index is 0.156. The smallest absolute Gasteiger partial charge is 0.204 e. The Morgan fingerprint density at radius 1 is 0.882 bits per heavy atom. The van der Waals surface area contributed by atoms with Crippen molar-refractivity contribution in [2.75, 3.05) is 0 Å². The second-order valence-corrected chi connectivity index (χ2v) is 4.01. The molecule has 0 aliphatic heterocycles. The number of hydrogen-bond donors (Lipinski definition) is 0. The lowest BCUT2D eigenvalue weighted by Crippen LogP contribution is -1.98. The summed E-state index contributed by atoms with van der Waals surface area (Å²) in [5, 5.41) is 0.224. The molecule has 0 spiro atoms. The summed E-state index contributed by atoms with van der Waals surface area (Å²) in [4.78, 5) is 11.9. The maximum Gasteiger partial charge on any atom is 0.204 e. The molecule has 2 aromatic carbocycles. The lowest BCUT2D eigenvalue weighted by atomic mass is 10.1. The molecule has 17 heavy (non-hydrogen) atoms. The Labute approximate surface area is 105 Å². The normalized spacial score (nSPS) is 11.2. The van der Waals surface area contributed by atoms with E-state index in [0.717, 1.165) is 5.56 Å². The van der Waals surface area contributed by atoms with E-state index in [-0.39, 0.29) is 10.8 Å². The first-order valence-electron chi connectivity index (χ1n) is 5.29. The molecule has 0 aliphatic carbocycles. The average molecular weight is 243 g/mol. The number of carbonyl (C=O) groups is 1. The van der Waals surface area contributed by atoms with Crippen LogP contribution in [0.5, 0.6) is 0 Å². The number of rotatable bonds is 3. The molecule has 0 atom stereocenters. The predicted molar refractivity (Wildman–Crippen MR) is 71.0 cm³/mol. The van der Waals surface area contributed by atoms with Gasteiger partial charge in [0.25, 0.3) is 0 Å². The Bertz CT molecular complexity index is 529. The van der Waals surface area contributed by atoms with Gasteiger partial charge in [0.1, 0.15) is 0 Å². The number of benzene rings is 2. The number of Topliss-reactive ketones (excluding diaryl/α,β-unsaturated/α-hetero) is 1. The van der Waals surface area contributed by atoms with Gasteiger partial charge in [0.05, 0.1) is 5.03 Å². The molecule has 0 aliphatic rings. The summed E-state index contributed by atoms with van der Waals surface area (Å²) in [5.74, 6) is -0.156. The average Bonchev–Trinajstić information content (AvgIpc) is 2.40. The highest BCUT2D eigenvalue weighted by atomic mass is 35.5. The van der Waals surface area contributed by atoms with E-state index in [1.54, 1.807) is 18.2 Å². The molecule has 0 bridgehead atoms. The number of halogens is 1. The molecule has 0 unspecified atom stereocenters. The Morgan fingerprint density at radius 2 is 1.41 bits per heavy atom. The highest BCUT2D eigenvalue weighted by Gasteiger charge is 2.08. The molecule has 0 radical (unpaired) electrons. The largest absolute Gasteiger partial charge is 0.288 e. The van der Waals surface area contributed by atoms with Crippen LogP contribution in [0.25, 0.3) is 6.08 Å². The monoisotopic (exact) mass is 242 g/mol. The van der Waals surface area contributed by atoms with Crippen LogP contribution in [-0.2, 0) is 0 Å². The van der Waals surface area contributed by atoms with Crippen LogP contribution in [0.2, 0.25) is 0 Å². The van der Waals surface area contributed by atoms with Crippen molar-refractivity contribution in [1.29, 1.82) is 0 Å². The lowest BCUT2D eigenvalue weighted by Gasteiger charge is -1.99.